The van der Waals surface area contributed by atoms with Crippen molar-refractivity contribution < 1.29 is 9.53 Å². The Kier molecular flexibility index (Phi) is 10.0. The van der Waals surface area contributed by atoms with Crippen molar-refractivity contribution in [3.8, 4) is 5.75 Å². The Balaban J connectivity index is 0.00000264. The normalized spacial score (nSPS) is 15.4. The molecule has 0 heterocycles. The van der Waals surface area contributed by atoms with Crippen LogP contribution in [-0.4, -0.2) is 43.6 Å². The molecular weight excluding hydrogens is 373 g/mol. The predicted molar refractivity (Wildman–Crippen MR) is 104 cm³/mol. The van der Waals surface area contributed by atoms with Crippen LogP contribution in [0.25, 0.3) is 0 Å². The van der Waals surface area contributed by atoms with Crippen LogP contribution in [0.5, 0.6) is 5.75 Å². The number of nitrogens with two attached hydrogens (primary N) is 1. The molecule has 0 aromatic heterocycles. The Morgan fingerprint density at radius 1 is 1.33 bits per heavy atom. The van der Waals surface area contributed by atoms with Crippen molar-refractivity contribution >= 4 is 48.0 Å². The Bertz CT molecular complexity index is 535. The van der Waals surface area contributed by atoms with Gasteiger partial charge in [0, 0.05) is 12.2 Å². The topological polar surface area (TPSA) is 67.6 Å². The number of likely N-dealkylation sites (N-methyl/N-ethyl adjacent to an activating group) is 1. The smallest absolute Gasteiger partial charge is 0.244 e. The third-order valence-corrected chi connectivity index (χ3v) is 4.23. The molecule has 0 unspecified atom stereocenters. The summed E-state index contributed by atoms with van der Waals surface area (Å²) in [6.07, 6.45) is 3.48. The molecule has 0 atom stereocenters. The van der Waals surface area contributed by atoms with E-state index in [2.05, 4.69) is 5.32 Å². The van der Waals surface area contributed by atoms with Crippen molar-refractivity contribution in [1.29, 1.82) is 0 Å². The van der Waals surface area contributed by atoms with Crippen LogP contribution in [0.4, 0.5) is 5.69 Å². The van der Waals surface area contributed by atoms with Gasteiger partial charge >= 0.3 is 0 Å². The SMILES string of the molecule is CN(C)CCOc1ccc(NC(=O)C2(N)CCCC2)cc1Cl.Cl.Cl. The highest BCUT2D eigenvalue weighted by atomic mass is 35.5. The molecule has 1 saturated carbocycles. The Hall–Kier alpha value is -0.720. The second-order valence-electron chi connectivity index (χ2n) is 6.11. The summed E-state index contributed by atoms with van der Waals surface area (Å²) < 4.78 is 5.62. The van der Waals surface area contributed by atoms with Crippen LogP contribution in [0.1, 0.15) is 25.7 Å². The number of nitrogens with zero attached hydrogens (tertiary/aromatic N) is 1. The largest absolute Gasteiger partial charge is 0.491 e. The van der Waals surface area contributed by atoms with E-state index in [9.17, 15) is 4.79 Å². The number of hydrogen-bond donors (Lipinski definition) is 2. The Labute approximate surface area is 161 Å². The molecule has 0 saturated heterocycles. The lowest BCUT2D eigenvalue weighted by Crippen LogP contribution is -2.48. The third-order valence-electron chi connectivity index (χ3n) is 3.93. The van der Waals surface area contributed by atoms with Crippen molar-refractivity contribution in [3.05, 3.63) is 23.2 Å². The Morgan fingerprint density at radius 2 is 1.96 bits per heavy atom. The number of amides is 1. The van der Waals surface area contributed by atoms with Gasteiger partial charge in [0.25, 0.3) is 0 Å². The van der Waals surface area contributed by atoms with Gasteiger partial charge in [-0.25, -0.2) is 0 Å². The van der Waals surface area contributed by atoms with Crippen LogP contribution in [0.2, 0.25) is 5.02 Å². The third kappa shape index (κ3) is 6.30. The van der Waals surface area contributed by atoms with Crippen molar-refractivity contribution in [2.75, 3.05) is 32.6 Å². The van der Waals surface area contributed by atoms with Crippen molar-refractivity contribution in [3.63, 3.8) is 0 Å². The zero-order valence-corrected chi connectivity index (χ0v) is 16.4. The molecule has 1 aliphatic carbocycles. The minimum Gasteiger partial charge on any atom is -0.491 e. The average molecular weight is 399 g/mol. The van der Waals surface area contributed by atoms with Gasteiger partial charge < -0.3 is 20.7 Å². The summed E-state index contributed by atoms with van der Waals surface area (Å²) >= 11 is 6.20. The molecule has 5 nitrogen and oxygen atoms in total. The fourth-order valence-electron chi connectivity index (χ4n) is 2.52. The number of nitrogens with one attached hydrogen (secondary N) is 1. The number of halogens is 3. The van der Waals surface area contributed by atoms with Crippen LogP contribution in [0, 0.1) is 0 Å². The summed E-state index contributed by atoms with van der Waals surface area (Å²) in [5.74, 6) is 0.479. The van der Waals surface area contributed by atoms with E-state index in [0.717, 1.165) is 32.2 Å². The van der Waals surface area contributed by atoms with E-state index in [1.54, 1.807) is 18.2 Å². The van der Waals surface area contributed by atoms with Gasteiger partial charge in [0.1, 0.15) is 12.4 Å². The molecule has 1 amide bonds. The highest BCUT2D eigenvalue weighted by molar-refractivity contribution is 6.32. The molecule has 1 aromatic rings. The minimum atomic E-state index is -0.743. The maximum Gasteiger partial charge on any atom is 0.244 e. The second kappa shape index (κ2) is 10.3. The number of rotatable bonds is 6. The first-order valence-electron chi connectivity index (χ1n) is 7.58. The lowest BCUT2D eigenvalue weighted by Gasteiger charge is -2.22. The molecule has 0 aliphatic heterocycles. The summed E-state index contributed by atoms with van der Waals surface area (Å²) in [6.45, 7) is 1.37. The molecule has 24 heavy (non-hydrogen) atoms. The quantitative estimate of drug-likeness (QED) is 0.771. The molecule has 0 radical (unpaired) electrons. The van der Waals surface area contributed by atoms with Crippen LogP contribution in [-0.2, 0) is 4.79 Å². The molecular formula is C16H26Cl3N3O2. The van der Waals surface area contributed by atoms with Gasteiger partial charge in [0.15, 0.2) is 0 Å². The lowest BCUT2D eigenvalue weighted by atomic mass is 9.98. The van der Waals surface area contributed by atoms with E-state index >= 15 is 0 Å². The van der Waals surface area contributed by atoms with Crippen LogP contribution in [0.15, 0.2) is 18.2 Å². The van der Waals surface area contributed by atoms with Crippen LogP contribution >= 0.6 is 36.4 Å². The molecule has 2 rings (SSSR count). The van der Waals surface area contributed by atoms with E-state index in [1.165, 1.54) is 0 Å². The fourth-order valence-corrected chi connectivity index (χ4v) is 2.76. The first-order valence-corrected chi connectivity index (χ1v) is 7.96. The van der Waals surface area contributed by atoms with Gasteiger partial charge in [0.05, 0.1) is 10.6 Å². The first-order chi connectivity index (χ1) is 10.4. The molecule has 8 heteroatoms. The number of ether oxygens (including phenoxy) is 1. The van der Waals surface area contributed by atoms with E-state index in [4.69, 9.17) is 22.1 Å². The number of anilines is 1. The zero-order valence-electron chi connectivity index (χ0n) is 14.0. The highest BCUT2D eigenvalue weighted by Gasteiger charge is 2.36. The van der Waals surface area contributed by atoms with Crippen molar-refractivity contribution in [1.82, 2.24) is 4.90 Å². The van der Waals surface area contributed by atoms with Gasteiger partial charge in [-0.1, -0.05) is 24.4 Å². The number of hydrogen-bond acceptors (Lipinski definition) is 4. The number of benzene rings is 1. The van der Waals surface area contributed by atoms with Gasteiger partial charge in [-0.15, -0.1) is 24.8 Å². The van der Waals surface area contributed by atoms with Crippen LogP contribution in [0.3, 0.4) is 0 Å². The number of carbonyl (C=O) groups excluding carboxylic acids is 1. The molecule has 1 aromatic carbocycles. The minimum absolute atomic E-state index is 0. The summed E-state index contributed by atoms with van der Waals surface area (Å²) in [5.41, 5.74) is 6.04. The number of carbonyl (C=O) groups is 1. The summed E-state index contributed by atoms with van der Waals surface area (Å²) in [7, 11) is 3.96. The van der Waals surface area contributed by atoms with Gasteiger partial charge in [-0.2, -0.15) is 0 Å². The molecule has 1 fully saturated rings. The van der Waals surface area contributed by atoms with E-state index in [1.807, 2.05) is 19.0 Å². The van der Waals surface area contributed by atoms with Crippen molar-refractivity contribution in [2.24, 2.45) is 5.73 Å². The van der Waals surface area contributed by atoms with Crippen LogP contribution < -0.4 is 15.8 Å². The molecule has 3 N–H and O–H groups in total. The molecule has 1 aliphatic rings. The molecule has 0 spiro atoms. The zero-order chi connectivity index (χ0) is 16.2. The highest BCUT2D eigenvalue weighted by Crippen LogP contribution is 2.31. The molecule has 0 bridgehead atoms. The van der Waals surface area contributed by atoms with E-state index < -0.39 is 5.54 Å². The maximum atomic E-state index is 12.3. The molecule has 138 valence electrons. The second-order valence-corrected chi connectivity index (χ2v) is 6.52. The maximum absolute atomic E-state index is 12.3. The average Bonchev–Trinajstić information content (AvgIpc) is 2.89. The monoisotopic (exact) mass is 397 g/mol. The predicted octanol–water partition coefficient (Wildman–Crippen LogP) is 3.33. The van der Waals surface area contributed by atoms with Gasteiger partial charge in [-0.3, -0.25) is 4.79 Å². The van der Waals surface area contributed by atoms with Crippen molar-refractivity contribution in [2.45, 2.75) is 31.2 Å². The standard InChI is InChI=1S/C16H24ClN3O2.2ClH/c1-20(2)9-10-22-14-6-5-12(11-13(14)17)19-15(21)16(18)7-3-4-8-16;;/h5-6,11H,3-4,7-10,18H2,1-2H3,(H,19,21);2*1H. The van der Waals surface area contributed by atoms with Gasteiger partial charge in [0.2, 0.25) is 5.91 Å². The van der Waals surface area contributed by atoms with E-state index in [0.29, 0.717) is 23.1 Å². The fraction of sp³-hybridized carbons (Fsp3) is 0.562. The summed E-state index contributed by atoms with van der Waals surface area (Å²) in [6, 6.07) is 5.25. The Morgan fingerprint density at radius 3 is 2.50 bits per heavy atom. The summed E-state index contributed by atoms with van der Waals surface area (Å²) in [4.78, 5) is 14.3. The van der Waals surface area contributed by atoms with Gasteiger partial charge in [-0.05, 0) is 45.1 Å². The summed E-state index contributed by atoms with van der Waals surface area (Å²) in [5, 5.41) is 3.34. The van der Waals surface area contributed by atoms with E-state index in [-0.39, 0.29) is 30.7 Å². The first kappa shape index (κ1) is 23.3. The lowest BCUT2D eigenvalue weighted by molar-refractivity contribution is -0.121.